The molecule has 0 saturated carbocycles. The number of aliphatic hydroxyl groups is 1. The molecule has 0 aromatic carbocycles. The van der Waals surface area contributed by atoms with Crippen LogP contribution in [0.2, 0.25) is 0 Å². The van der Waals surface area contributed by atoms with Crippen molar-refractivity contribution in [2.24, 2.45) is 0 Å². The molecule has 0 fully saturated rings. The van der Waals surface area contributed by atoms with E-state index in [1.807, 2.05) is 19.1 Å². The highest BCUT2D eigenvalue weighted by molar-refractivity contribution is 5.51. The maximum atomic E-state index is 9.22. The average molecular weight is 236 g/mol. The van der Waals surface area contributed by atoms with Crippen molar-refractivity contribution < 1.29 is 9.84 Å². The van der Waals surface area contributed by atoms with Crippen LogP contribution in [0.15, 0.2) is 18.5 Å². The number of hydrogen-bond donors (Lipinski definition) is 2. The minimum atomic E-state index is -0.158. The fourth-order valence-electron chi connectivity index (χ4n) is 1.71. The Hall–Kier alpha value is -1.66. The van der Waals surface area contributed by atoms with E-state index in [1.165, 1.54) is 6.33 Å². The second-order valence-electron chi connectivity index (χ2n) is 3.93. The van der Waals surface area contributed by atoms with E-state index < -0.39 is 0 Å². The first-order valence-corrected chi connectivity index (χ1v) is 5.41. The van der Waals surface area contributed by atoms with E-state index in [2.05, 4.69) is 15.4 Å². The van der Waals surface area contributed by atoms with Crippen LogP contribution in [-0.2, 0) is 4.74 Å². The predicted molar refractivity (Wildman–Crippen MR) is 64.1 cm³/mol. The molecule has 0 bridgehead atoms. The number of nitrogens with one attached hydrogen (secondary N) is 1. The van der Waals surface area contributed by atoms with Gasteiger partial charge in [-0.2, -0.15) is 9.61 Å². The molecule has 0 saturated heterocycles. The highest BCUT2D eigenvalue weighted by Crippen LogP contribution is 2.14. The Labute approximate surface area is 99.2 Å². The maximum Gasteiger partial charge on any atom is 0.157 e. The van der Waals surface area contributed by atoms with Gasteiger partial charge >= 0.3 is 0 Å². The van der Waals surface area contributed by atoms with E-state index in [9.17, 15) is 5.11 Å². The van der Waals surface area contributed by atoms with Crippen LogP contribution in [0.25, 0.3) is 5.65 Å². The SMILES string of the molecule is COCC(CO)Nc1cc(C)cc2ncnn12. The molecular formula is C11H16N4O2. The van der Waals surface area contributed by atoms with E-state index in [-0.39, 0.29) is 12.6 Å². The number of aliphatic hydroxyl groups excluding tert-OH is 1. The minimum Gasteiger partial charge on any atom is -0.394 e. The second-order valence-corrected chi connectivity index (χ2v) is 3.93. The highest BCUT2D eigenvalue weighted by atomic mass is 16.5. The summed E-state index contributed by atoms with van der Waals surface area (Å²) >= 11 is 0. The quantitative estimate of drug-likeness (QED) is 0.789. The van der Waals surface area contributed by atoms with Gasteiger partial charge in [0.1, 0.15) is 12.1 Å². The van der Waals surface area contributed by atoms with Crippen LogP contribution in [-0.4, -0.2) is 46.1 Å². The molecular weight excluding hydrogens is 220 g/mol. The summed E-state index contributed by atoms with van der Waals surface area (Å²) in [4.78, 5) is 4.14. The molecule has 6 nitrogen and oxygen atoms in total. The maximum absolute atomic E-state index is 9.22. The van der Waals surface area contributed by atoms with Crippen molar-refractivity contribution in [1.82, 2.24) is 14.6 Å². The van der Waals surface area contributed by atoms with Crippen molar-refractivity contribution >= 4 is 11.5 Å². The van der Waals surface area contributed by atoms with Crippen molar-refractivity contribution in [3.05, 3.63) is 24.0 Å². The number of hydrogen-bond acceptors (Lipinski definition) is 5. The zero-order chi connectivity index (χ0) is 12.3. The number of anilines is 1. The lowest BCUT2D eigenvalue weighted by Gasteiger charge is -2.17. The van der Waals surface area contributed by atoms with Crippen molar-refractivity contribution in [3.8, 4) is 0 Å². The summed E-state index contributed by atoms with van der Waals surface area (Å²) in [6.45, 7) is 2.42. The summed E-state index contributed by atoms with van der Waals surface area (Å²) in [7, 11) is 1.60. The first-order chi connectivity index (χ1) is 8.24. The molecule has 17 heavy (non-hydrogen) atoms. The van der Waals surface area contributed by atoms with Crippen LogP contribution >= 0.6 is 0 Å². The van der Waals surface area contributed by atoms with E-state index in [0.717, 1.165) is 17.0 Å². The first-order valence-electron chi connectivity index (χ1n) is 5.41. The number of methoxy groups -OCH3 is 1. The lowest BCUT2D eigenvalue weighted by molar-refractivity contribution is 0.153. The Morgan fingerprint density at radius 1 is 1.53 bits per heavy atom. The normalized spacial score (nSPS) is 12.9. The summed E-state index contributed by atoms with van der Waals surface area (Å²) in [6.07, 6.45) is 1.50. The lowest BCUT2D eigenvalue weighted by atomic mass is 10.2. The van der Waals surface area contributed by atoms with Gasteiger partial charge in [-0.3, -0.25) is 0 Å². The number of ether oxygens (including phenoxy) is 1. The number of pyridine rings is 1. The predicted octanol–water partition coefficient (Wildman–Crippen LogP) is 0.457. The number of rotatable bonds is 5. The summed E-state index contributed by atoms with van der Waals surface area (Å²) < 4.78 is 6.72. The fourth-order valence-corrected chi connectivity index (χ4v) is 1.71. The van der Waals surface area contributed by atoms with E-state index in [0.29, 0.717) is 6.61 Å². The largest absolute Gasteiger partial charge is 0.394 e. The minimum absolute atomic E-state index is 0.00201. The molecule has 2 aromatic rings. The molecule has 0 radical (unpaired) electrons. The fraction of sp³-hybridized carbons (Fsp3) is 0.455. The Kier molecular flexibility index (Phi) is 3.55. The van der Waals surface area contributed by atoms with Gasteiger partial charge in [-0.25, -0.2) is 4.98 Å². The van der Waals surface area contributed by atoms with Crippen LogP contribution in [0.5, 0.6) is 0 Å². The lowest BCUT2D eigenvalue weighted by Crippen LogP contribution is -2.29. The van der Waals surface area contributed by atoms with Gasteiger partial charge in [-0.05, 0) is 24.6 Å². The molecule has 2 N–H and O–H groups in total. The summed E-state index contributed by atoms with van der Waals surface area (Å²) in [6, 6.07) is 3.75. The van der Waals surface area contributed by atoms with Crippen molar-refractivity contribution in [2.45, 2.75) is 13.0 Å². The van der Waals surface area contributed by atoms with Crippen LogP contribution in [0, 0.1) is 6.92 Å². The Morgan fingerprint density at radius 2 is 2.35 bits per heavy atom. The number of aryl methyl sites for hydroxylation is 1. The average Bonchev–Trinajstić information content (AvgIpc) is 2.76. The smallest absolute Gasteiger partial charge is 0.157 e. The third-order valence-corrected chi connectivity index (χ3v) is 2.46. The molecule has 1 atom stereocenters. The van der Waals surface area contributed by atoms with Gasteiger partial charge in [0, 0.05) is 7.11 Å². The number of fused-ring (bicyclic) bond motifs is 1. The van der Waals surface area contributed by atoms with Crippen LogP contribution in [0.4, 0.5) is 5.82 Å². The molecule has 6 heteroatoms. The van der Waals surface area contributed by atoms with Crippen LogP contribution in [0.3, 0.4) is 0 Å². The van der Waals surface area contributed by atoms with Gasteiger partial charge in [0.2, 0.25) is 0 Å². The molecule has 2 heterocycles. The molecule has 0 aliphatic rings. The second kappa shape index (κ2) is 5.11. The van der Waals surface area contributed by atoms with E-state index >= 15 is 0 Å². The highest BCUT2D eigenvalue weighted by Gasteiger charge is 2.10. The molecule has 0 aliphatic carbocycles. The number of nitrogens with zero attached hydrogens (tertiary/aromatic N) is 3. The van der Waals surface area contributed by atoms with E-state index in [4.69, 9.17) is 4.74 Å². The Balaban J connectivity index is 2.30. The third kappa shape index (κ3) is 2.54. The zero-order valence-corrected chi connectivity index (χ0v) is 9.92. The summed E-state index contributed by atoms with van der Waals surface area (Å²) in [5.74, 6) is 0.800. The Morgan fingerprint density at radius 3 is 3.06 bits per heavy atom. The molecule has 92 valence electrons. The zero-order valence-electron chi connectivity index (χ0n) is 9.92. The van der Waals surface area contributed by atoms with Gasteiger partial charge in [-0.1, -0.05) is 0 Å². The van der Waals surface area contributed by atoms with Gasteiger partial charge in [0.25, 0.3) is 0 Å². The topological polar surface area (TPSA) is 71.7 Å². The number of aromatic nitrogens is 3. The van der Waals surface area contributed by atoms with Gasteiger partial charge < -0.3 is 15.2 Å². The molecule has 0 aliphatic heterocycles. The van der Waals surface area contributed by atoms with Crippen molar-refractivity contribution in [2.75, 3.05) is 25.6 Å². The van der Waals surface area contributed by atoms with Crippen molar-refractivity contribution in [3.63, 3.8) is 0 Å². The monoisotopic (exact) mass is 236 g/mol. The van der Waals surface area contributed by atoms with Crippen LogP contribution < -0.4 is 5.32 Å². The molecule has 0 spiro atoms. The first kappa shape index (κ1) is 11.8. The standard InChI is InChI=1S/C11H16N4O2/c1-8-3-10-12-7-13-15(10)11(4-8)14-9(5-16)6-17-2/h3-4,7,9,14,16H,5-6H2,1-2H3. The van der Waals surface area contributed by atoms with Gasteiger partial charge in [-0.15, -0.1) is 0 Å². The molecule has 0 amide bonds. The van der Waals surface area contributed by atoms with Gasteiger partial charge in [0.05, 0.1) is 19.3 Å². The summed E-state index contributed by atoms with van der Waals surface area (Å²) in [5, 5.41) is 16.5. The molecule has 2 rings (SSSR count). The summed E-state index contributed by atoms with van der Waals surface area (Å²) in [5.41, 5.74) is 1.86. The van der Waals surface area contributed by atoms with E-state index in [1.54, 1.807) is 11.6 Å². The van der Waals surface area contributed by atoms with Crippen molar-refractivity contribution in [1.29, 1.82) is 0 Å². The Bertz CT molecular complexity index is 497. The third-order valence-electron chi connectivity index (χ3n) is 2.46. The molecule has 2 aromatic heterocycles. The van der Waals surface area contributed by atoms with Crippen LogP contribution in [0.1, 0.15) is 5.56 Å². The van der Waals surface area contributed by atoms with Gasteiger partial charge in [0.15, 0.2) is 5.65 Å². The molecule has 1 unspecified atom stereocenters.